The molecule has 0 radical (unpaired) electrons. The van der Waals surface area contributed by atoms with Crippen molar-refractivity contribution in [2.45, 2.75) is 32.3 Å². The summed E-state index contributed by atoms with van der Waals surface area (Å²) in [5, 5.41) is 9.51. The van der Waals surface area contributed by atoms with Gasteiger partial charge >= 0.3 is 0 Å². The van der Waals surface area contributed by atoms with Gasteiger partial charge in [-0.3, -0.25) is 4.98 Å². The van der Waals surface area contributed by atoms with Crippen molar-refractivity contribution in [3.63, 3.8) is 0 Å². The van der Waals surface area contributed by atoms with Crippen LogP contribution in [0.1, 0.15) is 25.5 Å². The summed E-state index contributed by atoms with van der Waals surface area (Å²) in [6.07, 6.45) is 3.54. The minimum absolute atomic E-state index is 0.280. The van der Waals surface area contributed by atoms with Gasteiger partial charge in [0.1, 0.15) is 0 Å². The first kappa shape index (κ1) is 12.8. The van der Waals surface area contributed by atoms with E-state index in [2.05, 4.69) is 4.98 Å². The van der Waals surface area contributed by atoms with Gasteiger partial charge in [-0.15, -0.1) is 0 Å². The number of pyridine rings is 1. The van der Waals surface area contributed by atoms with Gasteiger partial charge in [0, 0.05) is 12.3 Å². The van der Waals surface area contributed by atoms with E-state index in [9.17, 15) is 5.11 Å². The van der Waals surface area contributed by atoms with Crippen molar-refractivity contribution in [1.29, 1.82) is 0 Å². The van der Waals surface area contributed by atoms with E-state index in [4.69, 9.17) is 9.47 Å². The molecule has 0 aliphatic heterocycles. The van der Waals surface area contributed by atoms with Crippen molar-refractivity contribution in [3.8, 4) is 11.5 Å². The van der Waals surface area contributed by atoms with Crippen molar-refractivity contribution >= 4 is 0 Å². The van der Waals surface area contributed by atoms with Crippen LogP contribution in [0, 0.1) is 0 Å². The zero-order valence-electron chi connectivity index (χ0n) is 10.1. The van der Waals surface area contributed by atoms with E-state index >= 15 is 0 Å². The summed E-state index contributed by atoms with van der Waals surface area (Å²) in [7, 11) is 3.20. The molecular formula is C12H19NO3. The van der Waals surface area contributed by atoms with Gasteiger partial charge in [0.25, 0.3) is 0 Å². The molecular weight excluding hydrogens is 206 g/mol. The van der Waals surface area contributed by atoms with Crippen molar-refractivity contribution in [2.24, 2.45) is 0 Å². The largest absolute Gasteiger partial charge is 0.493 e. The smallest absolute Gasteiger partial charge is 0.182 e. The molecule has 0 saturated heterocycles. The number of aromatic nitrogens is 1. The van der Waals surface area contributed by atoms with Crippen LogP contribution in [0.5, 0.6) is 11.5 Å². The molecule has 16 heavy (non-hydrogen) atoms. The number of aliphatic hydroxyl groups is 1. The van der Waals surface area contributed by atoms with E-state index in [1.165, 1.54) is 0 Å². The Labute approximate surface area is 96.2 Å². The zero-order valence-corrected chi connectivity index (χ0v) is 10.1. The summed E-state index contributed by atoms with van der Waals surface area (Å²) in [5.41, 5.74) is 0.828. The molecule has 0 aliphatic carbocycles. The fourth-order valence-corrected chi connectivity index (χ4v) is 1.54. The van der Waals surface area contributed by atoms with Crippen molar-refractivity contribution in [1.82, 2.24) is 4.98 Å². The van der Waals surface area contributed by atoms with Crippen LogP contribution in [0.2, 0.25) is 0 Å². The number of aliphatic hydroxyl groups excluding tert-OH is 1. The Bertz CT molecular complexity index is 328. The first-order valence-electron chi connectivity index (χ1n) is 5.46. The molecule has 4 heteroatoms. The zero-order chi connectivity index (χ0) is 12.0. The summed E-state index contributed by atoms with van der Waals surface area (Å²) in [6, 6.07) is 1.76. The maximum atomic E-state index is 9.51. The molecule has 0 fully saturated rings. The third kappa shape index (κ3) is 3.10. The van der Waals surface area contributed by atoms with Gasteiger partial charge in [0.2, 0.25) is 0 Å². The molecule has 0 bridgehead atoms. The maximum Gasteiger partial charge on any atom is 0.182 e. The molecule has 1 aromatic heterocycles. The highest BCUT2D eigenvalue weighted by Crippen LogP contribution is 2.29. The number of aryl methyl sites for hydroxylation is 1. The second-order valence-electron chi connectivity index (χ2n) is 3.59. The van der Waals surface area contributed by atoms with Gasteiger partial charge in [-0.1, -0.05) is 6.92 Å². The highest BCUT2D eigenvalue weighted by atomic mass is 16.5. The molecule has 4 nitrogen and oxygen atoms in total. The minimum Gasteiger partial charge on any atom is -0.493 e. The molecule has 1 unspecified atom stereocenters. The molecule has 1 heterocycles. The molecule has 0 saturated carbocycles. The first-order chi connectivity index (χ1) is 7.72. The third-order valence-electron chi connectivity index (χ3n) is 2.55. The number of rotatable bonds is 6. The number of hydrogen-bond donors (Lipinski definition) is 1. The second kappa shape index (κ2) is 6.33. The Morgan fingerprint density at radius 2 is 2.12 bits per heavy atom. The standard InChI is InChI=1S/C12H19NO3/c1-4-9(14)5-6-10-12(16-3)11(15-2)7-8-13-10/h7-9,14H,4-6H2,1-3H3. The molecule has 1 rings (SSSR count). The van der Waals surface area contributed by atoms with E-state index in [1.807, 2.05) is 6.92 Å². The summed E-state index contributed by atoms with van der Waals surface area (Å²) < 4.78 is 10.4. The predicted molar refractivity (Wildman–Crippen MR) is 62.0 cm³/mol. The van der Waals surface area contributed by atoms with Gasteiger partial charge in [-0.05, 0) is 19.3 Å². The van der Waals surface area contributed by atoms with E-state index < -0.39 is 0 Å². The summed E-state index contributed by atoms with van der Waals surface area (Å²) in [4.78, 5) is 4.25. The van der Waals surface area contributed by atoms with Gasteiger partial charge in [0.05, 0.1) is 26.0 Å². The Balaban J connectivity index is 2.78. The Morgan fingerprint density at radius 1 is 1.38 bits per heavy atom. The number of ether oxygens (including phenoxy) is 2. The van der Waals surface area contributed by atoms with Gasteiger partial charge in [-0.25, -0.2) is 0 Å². The lowest BCUT2D eigenvalue weighted by Crippen LogP contribution is -2.07. The molecule has 1 aromatic rings. The van der Waals surface area contributed by atoms with E-state index in [0.29, 0.717) is 24.3 Å². The van der Waals surface area contributed by atoms with Gasteiger partial charge < -0.3 is 14.6 Å². The Hall–Kier alpha value is -1.29. The van der Waals surface area contributed by atoms with Gasteiger partial charge in [-0.2, -0.15) is 0 Å². The third-order valence-corrected chi connectivity index (χ3v) is 2.55. The predicted octanol–water partition coefficient (Wildman–Crippen LogP) is 1.80. The van der Waals surface area contributed by atoms with Crippen LogP contribution in [-0.2, 0) is 6.42 Å². The maximum absolute atomic E-state index is 9.51. The number of nitrogens with zero attached hydrogens (tertiary/aromatic N) is 1. The lowest BCUT2D eigenvalue weighted by atomic mass is 10.1. The summed E-state index contributed by atoms with van der Waals surface area (Å²) >= 11 is 0. The lowest BCUT2D eigenvalue weighted by molar-refractivity contribution is 0.160. The van der Waals surface area contributed by atoms with Crippen LogP contribution < -0.4 is 9.47 Å². The van der Waals surface area contributed by atoms with Crippen LogP contribution >= 0.6 is 0 Å². The monoisotopic (exact) mass is 225 g/mol. The van der Waals surface area contributed by atoms with Crippen LogP contribution in [0.15, 0.2) is 12.3 Å². The van der Waals surface area contributed by atoms with Crippen LogP contribution in [0.3, 0.4) is 0 Å². The molecule has 0 aromatic carbocycles. The molecule has 0 amide bonds. The van der Waals surface area contributed by atoms with Gasteiger partial charge in [0.15, 0.2) is 11.5 Å². The van der Waals surface area contributed by atoms with Crippen LogP contribution in [0.4, 0.5) is 0 Å². The van der Waals surface area contributed by atoms with Crippen molar-refractivity contribution in [2.75, 3.05) is 14.2 Å². The molecule has 90 valence electrons. The normalized spacial score (nSPS) is 12.2. The summed E-state index contributed by atoms with van der Waals surface area (Å²) in [6.45, 7) is 1.96. The summed E-state index contributed by atoms with van der Waals surface area (Å²) in [5.74, 6) is 1.34. The fourth-order valence-electron chi connectivity index (χ4n) is 1.54. The topological polar surface area (TPSA) is 51.6 Å². The van der Waals surface area contributed by atoms with Crippen molar-refractivity contribution < 1.29 is 14.6 Å². The molecule has 1 N–H and O–H groups in total. The fraction of sp³-hybridized carbons (Fsp3) is 0.583. The lowest BCUT2D eigenvalue weighted by Gasteiger charge is -2.12. The quantitative estimate of drug-likeness (QED) is 0.802. The van der Waals surface area contributed by atoms with E-state index in [-0.39, 0.29) is 6.10 Å². The van der Waals surface area contributed by atoms with Crippen molar-refractivity contribution in [3.05, 3.63) is 18.0 Å². The SMILES string of the molecule is CCC(O)CCc1nccc(OC)c1OC. The average molecular weight is 225 g/mol. The highest BCUT2D eigenvalue weighted by molar-refractivity contribution is 5.42. The van der Waals surface area contributed by atoms with E-state index in [0.717, 1.165) is 12.1 Å². The molecule has 0 aliphatic rings. The molecule has 0 spiro atoms. The average Bonchev–Trinajstić information content (AvgIpc) is 2.34. The second-order valence-corrected chi connectivity index (χ2v) is 3.59. The van der Waals surface area contributed by atoms with Crippen LogP contribution in [0.25, 0.3) is 0 Å². The molecule has 1 atom stereocenters. The first-order valence-corrected chi connectivity index (χ1v) is 5.46. The Kier molecular flexibility index (Phi) is 5.05. The Morgan fingerprint density at radius 3 is 2.69 bits per heavy atom. The minimum atomic E-state index is -0.280. The van der Waals surface area contributed by atoms with Crippen LogP contribution in [-0.4, -0.2) is 30.4 Å². The highest BCUT2D eigenvalue weighted by Gasteiger charge is 2.12. The number of hydrogen-bond acceptors (Lipinski definition) is 4. The van der Waals surface area contributed by atoms with E-state index in [1.54, 1.807) is 26.5 Å². The number of methoxy groups -OCH3 is 2.